The average molecular weight is 258 g/mol. The quantitative estimate of drug-likeness (QED) is 0.851. The fraction of sp³-hybridized carbons (Fsp3) is 0.455. The van der Waals surface area contributed by atoms with Gasteiger partial charge in [-0.05, 0) is 17.7 Å². The monoisotopic (exact) mass is 258 g/mol. The second-order valence-corrected chi connectivity index (χ2v) is 6.08. The first-order chi connectivity index (χ1) is 7.98. The van der Waals surface area contributed by atoms with E-state index in [0.29, 0.717) is 25.2 Å². The van der Waals surface area contributed by atoms with Crippen molar-refractivity contribution < 1.29 is 12.8 Å². The Morgan fingerprint density at radius 3 is 2.88 bits per heavy atom. The third kappa shape index (κ3) is 2.83. The minimum absolute atomic E-state index is 0.325. The molecule has 0 aliphatic carbocycles. The van der Waals surface area contributed by atoms with Crippen molar-refractivity contribution in [2.75, 3.05) is 25.9 Å². The molecule has 1 fully saturated rings. The van der Waals surface area contributed by atoms with E-state index in [2.05, 4.69) is 5.32 Å². The lowest BCUT2D eigenvalue weighted by Gasteiger charge is -2.34. The van der Waals surface area contributed by atoms with Crippen LogP contribution in [0.1, 0.15) is 11.6 Å². The molecule has 1 heterocycles. The van der Waals surface area contributed by atoms with E-state index in [-0.39, 0.29) is 11.9 Å². The summed E-state index contributed by atoms with van der Waals surface area (Å²) in [5, 5.41) is 3.13. The zero-order valence-corrected chi connectivity index (χ0v) is 10.4. The van der Waals surface area contributed by atoms with Crippen molar-refractivity contribution in [3.8, 4) is 0 Å². The Balaban J connectivity index is 2.34. The van der Waals surface area contributed by atoms with E-state index in [4.69, 9.17) is 0 Å². The second kappa shape index (κ2) is 4.72. The number of benzene rings is 1. The lowest BCUT2D eigenvalue weighted by atomic mass is 10.1. The van der Waals surface area contributed by atoms with Gasteiger partial charge in [0.2, 0.25) is 10.0 Å². The number of nitrogens with zero attached hydrogens (tertiary/aromatic N) is 1. The zero-order chi connectivity index (χ0) is 12.5. The molecule has 0 saturated carbocycles. The molecule has 1 N–H and O–H groups in total. The minimum Gasteiger partial charge on any atom is -0.313 e. The average Bonchev–Trinajstić information content (AvgIpc) is 2.28. The summed E-state index contributed by atoms with van der Waals surface area (Å²) in [7, 11) is -3.27. The van der Waals surface area contributed by atoms with Crippen LogP contribution in [0.4, 0.5) is 4.39 Å². The molecule has 94 valence electrons. The van der Waals surface area contributed by atoms with Gasteiger partial charge in [0.15, 0.2) is 0 Å². The zero-order valence-electron chi connectivity index (χ0n) is 9.56. The van der Waals surface area contributed by atoms with Gasteiger partial charge in [0, 0.05) is 19.6 Å². The van der Waals surface area contributed by atoms with Crippen molar-refractivity contribution in [1.82, 2.24) is 9.62 Å². The van der Waals surface area contributed by atoms with Crippen LogP contribution in [0.3, 0.4) is 0 Å². The maximum atomic E-state index is 13.2. The van der Waals surface area contributed by atoms with Gasteiger partial charge in [-0.15, -0.1) is 0 Å². The van der Waals surface area contributed by atoms with E-state index in [1.54, 1.807) is 12.1 Å². The molecule has 2 rings (SSSR count). The van der Waals surface area contributed by atoms with Gasteiger partial charge in [-0.3, -0.25) is 0 Å². The highest BCUT2D eigenvalue weighted by Gasteiger charge is 2.30. The van der Waals surface area contributed by atoms with Crippen LogP contribution in [0, 0.1) is 5.82 Å². The molecule has 0 amide bonds. The lowest BCUT2D eigenvalue weighted by molar-refractivity contribution is 0.273. The van der Waals surface area contributed by atoms with Gasteiger partial charge in [0.1, 0.15) is 5.82 Å². The molecule has 6 heteroatoms. The van der Waals surface area contributed by atoms with E-state index in [9.17, 15) is 12.8 Å². The number of piperazine rings is 1. The van der Waals surface area contributed by atoms with Gasteiger partial charge in [0.25, 0.3) is 0 Å². The van der Waals surface area contributed by atoms with Crippen LogP contribution in [0.2, 0.25) is 0 Å². The summed E-state index contributed by atoms with van der Waals surface area (Å²) in [6.07, 6.45) is 1.19. The Hall–Kier alpha value is -0.980. The number of sulfonamides is 1. The third-order valence-corrected chi connectivity index (χ3v) is 4.14. The van der Waals surface area contributed by atoms with Crippen LogP contribution in [0.25, 0.3) is 0 Å². The summed E-state index contributed by atoms with van der Waals surface area (Å²) in [4.78, 5) is 0. The predicted octanol–water partition coefficient (Wildman–Crippen LogP) is 0.732. The molecular formula is C11H15FN2O2S. The van der Waals surface area contributed by atoms with Gasteiger partial charge in [-0.25, -0.2) is 12.8 Å². The van der Waals surface area contributed by atoms with E-state index >= 15 is 0 Å². The third-order valence-electron chi connectivity index (χ3n) is 2.85. The van der Waals surface area contributed by atoms with Crippen molar-refractivity contribution in [2.24, 2.45) is 0 Å². The minimum atomic E-state index is -3.27. The second-order valence-electron chi connectivity index (χ2n) is 4.15. The van der Waals surface area contributed by atoms with E-state index in [0.717, 1.165) is 0 Å². The summed E-state index contributed by atoms with van der Waals surface area (Å²) in [6.45, 7) is 1.55. The first kappa shape index (κ1) is 12.5. The van der Waals surface area contributed by atoms with Gasteiger partial charge in [-0.2, -0.15) is 4.31 Å². The Morgan fingerprint density at radius 1 is 1.47 bits per heavy atom. The number of hydrogen-bond donors (Lipinski definition) is 1. The Kier molecular flexibility index (Phi) is 3.46. The normalized spacial score (nSPS) is 22.6. The summed E-state index contributed by atoms with van der Waals surface area (Å²) < 4.78 is 37.9. The molecule has 1 aromatic carbocycles. The fourth-order valence-corrected chi connectivity index (χ4v) is 3.16. The molecule has 1 aliphatic rings. The molecule has 0 radical (unpaired) electrons. The first-order valence-electron chi connectivity index (χ1n) is 5.41. The molecule has 1 unspecified atom stereocenters. The Morgan fingerprint density at radius 2 is 2.24 bits per heavy atom. The van der Waals surface area contributed by atoms with Gasteiger partial charge in [0.05, 0.1) is 12.3 Å². The SMILES string of the molecule is CS(=O)(=O)N1CCNCC1c1cccc(F)c1. The summed E-state index contributed by atoms with van der Waals surface area (Å²) in [5.74, 6) is -0.346. The molecule has 1 atom stereocenters. The molecule has 0 spiro atoms. The topological polar surface area (TPSA) is 49.4 Å². The molecule has 1 aliphatic heterocycles. The molecule has 0 aromatic heterocycles. The van der Waals surface area contributed by atoms with Crippen LogP contribution in [-0.4, -0.2) is 38.6 Å². The van der Waals surface area contributed by atoms with Crippen LogP contribution >= 0.6 is 0 Å². The van der Waals surface area contributed by atoms with Crippen molar-refractivity contribution in [3.05, 3.63) is 35.6 Å². The number of nitrogens with one attached hydrogen (secondary N) is 1. The number of rotatable bonds is 2. The summed E-state index contributed by atoms with van der Waals surface area (Å²) in [5.41, 5.74) is 0.683. The number of halogens is 1. The predicted molar refractivity (Wildman–Crippen MR) is 63.6 cm³/mol. The molecule has 0 bridgehead atoms. The van der Waals surface area contributed by atoms with E-state index in [1.807, 2.05) is 0 Å². The van der Waals surface area contributed by atoms with Crippen molar-refractivity contribution >= 4 is 10.0 Å². The maximum Gasteiger partial charge on any atom is 0.211 e. The highest BCUT2D eigenvalue weighted by atomic mass is 32.2. The molecular weight excluding hydrogens is 243 g/mol. The van der Waals surface area contributed by atoms with Crippen LogP contribution in [0.5, 0.6) is 0 Å². The van der Waals surface area contributed by atoms with Crippen molar-refractivity contribution in [1.29, 1.82) is 0 Å². The summed E-state index contributed by atoms with van der Waals surface area (Å²) in [6, 6.07) is 5.76. The van der Waals surface area contributed by atoms with Gasteiger partial charge >= 0.3 is 0 Å². The van der Waals surface area contributed by atoms with Gasteiger partial charge in [-0.1, -0.05) is 12.1 Å². The van der Waals surface area contributed by atoms with Crippen molar-refractivity contribution in [3.63, 3.8) is 0 Å². The standard InChI is InChI=1S/C11H15FN2O2S/c1-17(15,16)14-6-5-13-8-11(14)9-3-2-4-10(12)7-9/h2-4,7,11,13H,5-6,8H2,1H3. The van der Waals surface area contributed by atoms with E-state index in [1.165, 1.54) is 22.7 Å². The molecule has 4 nitrogen and oxygen atoms in total. The Labute approximate surface area is 100 Å². The first-order valence-corrected chi connectivity index (χ1v) is 7.26. The molecule has 1 saturated heterocycles. The molecule has 1 aromatic rings. The largest absolute Gasteiger partial charge is 0.313 e. The maximum absolute atomic E-state index is 13.2. The highest BCUT2D eigenvalue weighted by Crippen LogP contribution is 2.24. The molecule has 17 heavy (non-hydrogen) atoms. The number of hydrogen-bond acceptors (Lipinski definition) is 3. The van der Waals surface area contributed by atoms with Crippen molar-refractivity contribution in [2.45, 2.75) is 6.04 Å². The smallest absolute Gasteiger partial charge is 0.211 e. The van der Waals surface area contributed by atoms with Gasteiger partial charge < -0.3 is 5.32 Å². The summed E-state index contributed by atoms with van der Waals surface area (Å²) >= 11 is 0. The van der Waals surface area contributed by atoms with Crippen LogP contribution in [-0.2, 0) is 10.0 Å². The van der Waals surface area contributed by atoms with E-state index < -0.39 is 10.0 Å². The fourth-order valence-electron chi connectivity index (χ4n) is 2.08. The highest BCUT2D eigenvalue weighted by molar-refractivity contribution is 7.88. The van der Waals surface area contributed by atoms with Crippen LogP contribution < -0.4 is 5.32 Å². The van der Waals surface area contributed by atoms with Crippen LogP contribution in [0.15, 0.2) is 24.3 Å². The lowest BCUT2D eigenvalue weighted by Crippen LogP contribution is -2.48. The Bertz CT molecular complexity index is 504.